The van der Waals surface area contributed by atoms with Crippen LogP contribution in [0.25, 0.3) is 6.08 Å². The Labute approximate surface area is 161 Å². The predicted molar refractivity (Wildman–Crippen MR) is 108 cm³/mol. The molecule has 1 saturated heterocycles. The number of ether oxygens (including phenoxy) is 2. The third kappa shape index (κ3) is 5.20. The van der Waals surface area contributed by atoms with E-state index in [1.165, 1.54) is 5.56 Å². The first-order valence-corrected chi connectivity index (χ1v) is 9.40. The van der Waals surface area contributed by atoms with Gasteiger partial charge in [0.2, 0.25) is 0 Å². The van der Waals surface area contributed by atoms with E-state index in [9.17, 15) is 4.79 Å². The quantitative estimate of drug-likeness (QED) is 0.714. The Hall–Kier alpha value is -2.59. The predicted octanol–water partition coefficient (Wildman–Crippen LogP) is 4.34. The van der Waals surface area contributed by atoms with Crippen LogP contribution in [0.3, 0.4) is 0 Å². The Morgan fingerprint density at radius 1 is 1.11 bits per heavy atom. The number of carbonyl (C=O) groups excluding carboxylic acids is 1. The molecule has 4 heteroatoms. The number of nitrogens with zero attached hydrogens (tertiary/aromatic N) is 1. The Kier molecular flexibility index (Phi) is 6.30. The lowest BCUT2D eigenvalue weighted by molar-refractivity contribution is -0.117. The molecule has 1 aliphatic rings. The van der Waals surface area contributed by atoms with E-state index in [4.69, 9.17) is 9.47 Å². The van der Waals surface area contributed by atoms with Crippen molar-refractivity contribution < 1.29 is 14.3 Å². The summed E-state index contributed by atoms with van der Waals surface area (Å²) in [5.41, 5.74) is 3.06. The molecule has 0 N–H and O–H groups in total. The Balaban J connectivity index is 1.77. The summed E-state index contributed by atoms with van der Waals surface area (Å²) in [6, 6.07) is 16.2. The van der Waals surface area contributed by atoms with Gasteiger partial charge in [0, 0.05) is 31.6 Å². The topological polar surface area (TPSA) is 38.8 Å². The van der Waals surface area contributed by atoms with Gasteiger partial charge < -0.3 is 9.47 Å². The molecule has 0 spiro atoms. The summed E-state index contributed by atoms with van der Waals surface area (Å²) in [5, 5.41) is 0. The molecule has 3 rings (SSSR count). The normalized spacial score (nSPS) is 16.7. The molecule has 0 bridgehead atoms. The third-order valence-corrected chi connectivity index (χ3v) is 4.55. The molecule has 0 amide bonds. The van der Waals surface area contributed by atoms with Gasteiger partial charge in [0.25, 0.3) is 0 Å². The van der Waals surface area contributed by atoms with Crippen LogP contribution in [-0.2, 0) is 11.3 Å². The fourth-order valence-electron chi connectivity index (χ4n) is 3.26. The van der Waals surface area contributed by atoms with Gasteiger partial charge in [0.05, 0.1) is 13.2 Å². The second kappa shape index (κ2) is 8.87. The minimum atomic E-state index is 0.0783. The van der Waals surface area contributed by atoms with Crippen LogP contribution in [0.15, 0.2) is 54.1 Å². The molecule has 0 atom stereocenters. The van der Waals surface area contributed by atoms with E-state index in [-0.39, 0.29) is 11.9 Å². The van der Waals surface area contributed by atoms with Gasteiger partial charge in [0.1, 0.15) is 0 Å². The minimum absolute atomic E-state index is 0.0783. The summed E-state index contributed by atoms with van der Waals surface area (Å²) in [6.45, 7) is 6.29. The average Bonchev–Trinajstić information content (AvgIpc) is 2.66. The van der Waals surface area contributed by atoms with Crippen LogP contribution >= 0.6 is 0 Å². The standard InChI is InChI=1S/C23H27NO3/c1-17(2)27-22-10-9-19(14-23(22)26-3)13-20-16-24(12-11-21(20)25)15-18-7-5-4-6-8-18/h4-10,13-14,17H,11-12,15-16H2,1-3H3/b20-13+. The molecule has 1 aliphatic heterocycles. The van der Waals surface area contributed by atoms with Crippen LogP contribution < -0.4 is 9.47 Å². The van der Waals surface area contributed by atoms with Gasteiger partial charge in [0.15, 0.2) is 17.3 Å². The van der Waals surface area contributed by atoms with Crippen molar-refractivity contribution in [2.45, 2.75) is 32.9 Å². The number of likely N-dealkylation sites (tertiary alicyclic amines) is 1. The zero-order chi connectivity index (χ0) is 19.2. The lowest BCUT2D eigenvalue weighted by atomic mass is 9.99. The minimum Gasteiger partial charge on any atom is -0.493 e. The second-order valence-corrected chi connectivity index (χ2v) is 7.12. The van der Waals surface area contributed by atoms with Crippen molar-refractivity contribution in [3.63, 3.8) is 0 Å². The Bertz CT molecular complexity index is 812. The van der Waals surface area contributed by atoms with Crippen molar-refractivity contribution in [2.24, 2.45) is 0 Å². The molecule has 0 unspecified atom stereocenters. The first-order valence-electron chi connectivity index (χ1n) is 9.40. The highest BCUT2D eigenvalue weighted by molar-refractivity contribution is 6.00. The second-order valence-electron chi connectivity index (χ2n) is 7.12. The van der Waals surface area contributed by atoms with Gasteiger partial charge in [-0.3, -0.25) is 9.69 Å². The van der Waals surface area contributed by atoms with Crippen molar-refractivity contribution in [2.75, 3.05) is 20.2 Å². The maximum atomic E-state index is 12.4. The molecule has 0 aromatic heterocycles. The highest BCUT2D eigenvalue weighted by atomic mass is 16.5. The van der Waals surface area contributed by atoms with Gasteiger partial charge in [-0.15, -0.1) is 0 Å². The highest BCUT2D eigenvalue weighted by Crippen LogP contribution is 2.30. The molecule has 0 saturated carbocycles. The zero-order valence-corrected chi connectivity index (χ0v) is 16.3. The van der Waals surface area contributed by atoms with E-state index in [1.807, 2.05) is 56.3 Å². The van der Waals surface area contributed by atoms with Crippen molar-refractivity contribution in [1.82, 2.24) is 4.90 Å². The van der Waals surface area contributed by atoms with E-state index in [0.29, 0.717) is 18.7 Å². The van der Waals surface area contributed by atoms with Crippen LogP contribution in [-0.4, -0.2) is 37.0 Å². The Morgan fingerprint density at radius 3 is 2.59 bits per heavy atom. The molecule has 0 aliphatic carbocycles. The number of ketones is 1. The van der Waals surface area contributed by atoms with Crippen LogP contribution in [0.4, 0.5) is 0 Å². The highest BCUT2D eigenvalue weighted by Gasteiger charge is 2.21. The van der Waals surface area contributed by atoms with E-state index in [2.05, 4.69) is 17.0 Å². The van der Waals surface area contributed by atoms with Gasteiger partial charge in [-0.25, -0.2) is 0 Å². The van der Waals surface area contributed by atoms with Crippen LogP contribution in [0.2, 0.25) is 0 Å². The smallest absolute Gasteiger partial charge is 0.161 e. The van der Waals surface area contributed by atoms with Gasteiger partial charge in [-0.1, -0.05) is 36.4 Å². The van der Waals surface area contributed by atoms with Gasteiger partial charge in [-0.05, 0) is 43.2 Å². The van der Waals surface area contributed by atoms with E-state index in [1.54, 1.807) is 7.11 Å². The summed E-state index contributed by atoms with van der Waals surface area (Å²) in [4.78, 5) is 14.7. The molecule has 4 nitrogen and oxygen atoms in total. The number of Topliss-reactive ketones (excluding diaryl/α,β-unsaturated/α-hetero) is 1. The summed E-state index contributed by atoms with van der Waals surface area (Å²) in [5.74, 6) is 1.62. The van der Waals surface area contributed by atoms with Crippen molar-refractivity contribution in [1.29, 1.82) is 0 Å². The monoisotopic (exact) mass is 365 g/mol. The molecule has 0 radical (unpaired) electrons. The fraction of sp³-hybridized carbons (Fsp3) is 0.348. The molecule has 1 fully saturated rings. The molecule has 142 valence electrons. The number of benzene rings is 2. The largest absolute Gasteiger partial charge is 0.493 e. The number of piperidine rings is 1. The fourth-order valence-corrected chi connectivity index (χ4v) is 3.26. The molecule has 27 heavy (non-hydrogen) atoms. The van der Waals surface area contributed by atoms with E-state index in [0.717, 1.165) is 30.0 Å². The van der Waals surface area contributed by atoms with Crippen molar-refractivity contribution >= 4 is 11.9 Å². The lowest BCUT2D eigenvalue weighted by Gasteiger charge is -2.28. The molecule has 1 heterocycles. The average molecular weight is 365 g/mol. The molecular formula is C23H27NO3. The summed E-state index contributed by atoms with van der Waals surface area (Å²) in [6.07, 6.45) is 2.61. The van der Waals surface area contributed by atoms with Crippen LogP contribution in [0.5, 0.6) is 11.5 Å². The Morgan fingerprint density at radius 2 is 1.89 bits per heavy atom. The van der Waals surface area contributed by atoms with Crippen LogP contribution in [0, 0.1) is 0 Å². The van der Waals surface area contributed by atoms with Gasteiger partial charge in [-0.2, -0.15) is 0 Å². The number of methoxy groups -OCH3 is 1. The first-order chi connectivity index (χ1) is 13.0. The summed E-state index contributed by atoms with van der Waals surface area (Å²) in [7, 11) is 1.63. The van der Waals surface area contributed by atoms with Crippen molar-refractivity contribution in [3.05, 3.63) is 65.2 Å². The zero-order valence-electron chi connectivity index (χ0n) is 16.3. The van der Waals surface area contributed by atoms with Crippen molar-refractivity contribution in [3.8, 4) is 11.5 Å². The number of carbonyl (C=O) groups is 1. The molecule has 2 aromatic rings. The van der Waals surface area contributed by atoms with E-state index >= 15 is 0 Å². The summed E-state index contributed by atoms with van der Waals surface area (Å²) >= 11 is 0. The number of rotatable bonds is 6. The maximum Gasteiger partial charge on any atom is 0.161 e. The lowest BCUT2D eigenvalue weighted by Crippen LogP contribution is -2.35. The molecular weight excluding hydrogens is 338 g/mol. The number of hydrogen-bond acceptors (Lipinski definition) is 4. The SMILES string of the molecule is COc1cc(/C=C2\CN(Cc3ccccc3)CCC2=O)ccc1OC(C)C. The maximum absolute atomic E-state index is 12.4. The molecule has 2 aromatic carbocycles. The first kappa shape index (κ1) is 19.2. The summed E-state index contributed by atoms with van der Waals surface area (Å²) < 4.78 is 11.2. The van der Waals surface area contributed by atoms with E-state index < -0.39 is 0 Å². The van der Waals surface area contributed by atoms with Gasteiger partial charge >= 0.3 is 0 Å². The number of hydrogen-bond donors (Lipinski definition) is 0. The van der Waals surface area contributed by atoms with Crippen LogP contribution in [0.1, 0.15) is 31.4 Å². The third-order valence-electron chi connectivity index (χ3n) is 4.55.